The van der Waals surface area contributed by atoms with E-state index >= 15 is 0 Å². The average molecular weight is 362 g/mol. The minimum absolute atomic E-state index is 0.237. The molecule has 0 bridgehead atoms. The van der Waals surface area contributed by atoms with Gasteiger partial charge in [0, 0.05) is 17.1 Å². The van der Waals surface area contributed by atoms with Gasteiger partial charge in [-0.2, -0.15) is 9.67 Å². The van der Waals surface area contributed by atoms with E-state index in [0.717, 1.165) is 16.6 Å². The van der Waals surface area contributed by atoms with Crippen LogP contribution in [-0.2, 0) is 0 Å². The minimum atomic E-state index is 0.237. The first-order valence-corrected chi connectivity index (χ1v) is 8.25. The lowest BCUT2D eigenvalue weighted by Crippen LogP contribution is -2.04. The summed E-state index contributed by atoms with van der Waals surface area (Å²) in [5.74, 6) is 2.43. The molecule has 2 aromatic heterocycles. The fourth-order valence-corrected chi connectivity index (χ4v) is 2.76. The molecule has 2 heterocycles. The highest BCUT2D eigenvalue weighted by Crippen LogP contribution is 2.30. The number of nitrogen functional groups attached to an aromatic ring is 1. The van der Waals surface area contributed by atoms with E-state index in [1.165, 1.54) is 4.68 Å². The molecule has 0 spiro atoms. The van der Waals surface area contributed by atoms with E-state index in [9.17, 15) is 0 Å². The molecule has 0 radical (unpaired) electrons. The van der Waals surface area contributed by atoms with Gasteiger partial charge in [0.15, 0.2) is 17.3 Å². The first kappa shape index (κ1) is 16.6. The lowest BCUT2D eigenvalue weighted by molar-refractivity contribution is 0.355. The molecule has 4 aromatic rings. The van der Waals surface area contributed by atoms with Gasteiger partial charge in [-0.25, -0.2) is 4.98 Å². The van der Waals surface area contributed by atoms with Crippen molar-refractivity contribution in [3.05, 3.63) is 54.6 Å². The van der Waals surface area contributed by atoms with Crippen LogP contribution in [0.3, 0.4) is 0 Å². The first-order valence-electron chi connectivity index (χ1n) is 8.25. The van der Waals surface area contributed by atoms with Crippen molar-refractivity contribution in [1.29, 1.82) is 0 Å². The Morgan fingerprint density at radius 3 is 2.56 bits per heavy atom. The number of para-hydroxylation sites is 1. The summed E-state index contributed by atoms with van der Waals surface area (Å²) in [6.07, 6.45) is 0. The molecule has 0 fully saturated rings. The number of nitrogens with two attached hydrogens (primary N) is 1. The minimum Gasteiger partial charge on any atom is -0.493 e. The Morgan fingerprint density at radius 2 is 1.74 bits per heavy atom. The van der Waals surface area contributed by atoms with Crippen LogP contribution in [0.4, 0.5) is 17.6 Å². The van der Waals surface area contributed by atoms with E-state index in [0.29, 0.717) is 23.3 Å². The van der Waals surface area contributed by atoms with Crippen molar-refractivity contribution in [2.45, 2.75) is 0 Å². The molecule has 0 amide bonds. The molecule has 0 aliphatic rings. The summed E-state index contributed by atoms with van der Waals surface area (Å²) in [7, 11) is 3.17. The number of hydrogen-bond acceptors (Lipinski definition) is 7. The zero-order chi connectivity index (χ0) is 18.8. The number of methoxy groups -OCH3 is 2. The SMILES string of the molecule is COc1ccc(Nc2nc(N)n(-c3ccc4ccccc4n3)n2)cc1OC. The van der Waals surface area contributed by atoms with Crippen molar-refractivity contribution in [1.82, 2.24) is 19.7 Å². The summed E-state index contributed by atoms with van der Waals surface area (Å²) < 4.78 is 12.0. The molecule has 2 aromatic carbocycles. The quantitative estimate of drug-likeness (QED) is 0.562. The number of nitrogens with zero attached hydrogens (tertiary/aromatic N) is 4. The zero-order valence-corrected chi connectivity index (χ0v) is 14.9. The standard InChI is InChI=1S/C19H18N6O2/c1-26-15-9-8-13(11-16(15)27-2)21-19-23-18(20)25(24-19)17-10-7-12-5-3-4-6-14(12)22-17/h3-11H,1-2H3,(H3,20,21,23,24). The van der Waals surface area contributed by atoms with Gasteiger partial charge in [-0.05, 0) is 30.3 Å². The van der Waals surface area contributed by atoms with Gasteiger partial charge in [-0.1, -0.05) is 18.2 Å². The van der Waals surface area contributed by atoms with Crippen molar-refractivity contribution < 1.29 is 9.47 Å². The van der Waals surface area contributed by atoms with Crippen molar-refractivity contribution in [2.24, 2.45) is 0 Å². The van der Waals surface area contributed by atoms with Crippen LogP contribution in [0, 0.1) is 0 Å². The van der Waals surface area contributed by atoms with Crippen molar-refractivity contribution >= 4 is 28.5 Å². The van der Waals surface area contributed by atoms with Gasteiger partial charge in [-0.15, -0.1) is 5.10 Å². The number of benzene rings is 2. The monoisotopic (exact) mass is 362 g/mol. The molecule has 0 saturated heterocycles. The number of nitrogens with one attached hydrogen (secondary N) is 1. The maximum absolute atomic E-state index is 6.04. The fraction of sp³-hybridized carbons (Fsp3) is 0.105. The van der Waals surface area contributed by atoms with Gasteiger partial charge in [-0.3, -0.25) is 0 Å². The van der Waals surface area contributed by atoms with Gasteiger partial charge < -0.3 is 20.5 Å². The summed E-state index contributed by atoms with van der Waals surface area (Å²) in [4.78, 5) is 8.86. The first-order chi connectivity index (χ1) is 13.2. The molecule has 8 heteroatoms. The van der Waals surface area contributed by atoms with Crippen molar-refractivity contribution in [3.63, 3.8) is 0 Å². The van der Waals surface area contributed by atoms with Crippen LogP contribution in [0.5, 0.6) is 11.5 Å². The number of hydrogen-bond donors (Lipinski definition) is 2. The van der Waals surface area contributed by atoms with Crippen LogP contribution in [0.15, 0.2) is 54.6 Å². The molecule has 0 aliphatic heterocycles. The second-order valence-corrected chi connectivity index (χ2v) is 5.76. The van der Waals surface area contributed by atoms with Crippen molar-refractivity contribution in [2.75, 3.05) is 25.3 Å². The molecule has 0 unspecified atom stereocenters. The Balaban J connectivity index is 1.65. The van der Waals surface area contributed by atoms with Crippen LogP contribution in [0.1, 0.15) is 0 Å². The van der Waals surface area contributed by atoms with E-state index in [-0.39, 0.29) is 5.95 Å². The Bertz CT molecular complexity index is 1110. The van der Waals surface area contributed by atoms with E-state index in [1.807, 2.05) is 42.5 Å². The fourth-order valence-electron chi connectivity index (χ4n) is 2.76. The van der Waals surface area contributed by atoms with Crippen LogP contribution >= 0.6 is 0 Å². The predicted octanol–water partition coefficient (Wildman–Crippen LogP) is 3.16. The molecule has 0 aliphatic carbocycles. The van der Waals surface area contributed by atoms with Crippen molar-refractivity contribution in [3.8, 4) is 17.3 Å². The molecular formula is C19H18N6O2. The molecule has 27 heavy (non-hydrogen) atoms. The molecule has 3 N–H and O–H groups in total. The topological polar surface area (TPSA) is 100 Å². The zero-order valence-electron chi connectivity index (χ0n) is 14.9. The number of aromatic nitrogens is 4. The number of anilines is 3. The Morgan fingerprint density at radius 1 is 0.926 bits per heavy atom. The molecule has 136 valence electrons. The van der Waals surface area contributed by atoms with E-state index in [4.69, 9.17) is 15.2 Å². The highest BCUT2D eigenvalue weighted by atomic mass is 16.5. The van der Waals surface area contributed by atoms with Crippen LogP contribution in [0.2, 0.25) is 0 Å². The Labute approximate surface area is 155 Å². The van der Waals surface area contributed by atoms with Crippen LogP contribution in [0.25, 0.3) is 16.7 Å². The summed E-state index contributed by atoms with van der Waals surface area (Å²) in [5.41, 5.74) is 7.64. The Hall–Kier alpha value is -3.81. The summed E-state index contributed by atoms with van der Waals surface area (Å²) in [5, 5.41) is 8.57. The molecule has 4 rings (SSSR count). The Kier molecular flexibility index (Phi) is 4.21. The van der Waals surface area contributed by atoms with Crippen LogP contribution < -0.4 is 20.5 Å². The largest absolute Gasteiger partial charge is 0.493 e. The van der Waals surface area contributed by atoms with Gasteiger partial charge in [0.1, 0.15) is 0 Å². The van der Waals surface area contributed by atoms with Gasteiger partial charge >= 0.3 is 0 Å². The summed E-state index contributed by atoms with van der Waals surface area (Å²) in [6, 6.07) is 17.1. The maximum atomic E-state index is 6.04. The number of rotatable bonds is 5. The third kappa shape index (κ3) is 3.20. The summed E-state index contributed by atoms with van der Waals surface area (Å²) >= 11 is 0. The number of ether oxygens (including phenoxy) is 2. The average Bonchev–Trinajstić information content (AvgIpc) is 3.07. The van der Waals surface area contributed by atoms with Gasteiger partial charge in [0.05, 0.1) is 19.7 Å². The molecule has 0 atom stereocenters. The molecular weight excluding hydrogens is 344 g/mol. The second-order valence-electron chi connectivity index (χ2n) is 5.76. The molecule has 0 saturated carbocycles. The normalized spacial score (nSPS) is 10.7. The lowest BCUT2D eigenvalue weighted by atomic mass is 10.2. The highest BCUT2D eigenvalue weighted by molar-refractivity contribution is 5.79. The third-order valence-electron chi connectivity index (χ3n) is 4.07. The number of fused-ring (bicyclic) bond motifs is 1. The smallest absolute Gasteiger partial charge is 0.248 e. The van der Waals surface area contributed by atoms with Crippen LogP contribution in [-0.4, -0.2) is 34.0 Å². The third-order valence-corrected chi connectivity index (χ3v) is 4.07. The van der Waals surface area contributed by atoms with E-state index in [1.54, 1.807) is 26.4 Å². The predicted molar refractivity (Wildman–Crippen MR) is 104 cm³/mol. The van der Waals surface area contributed by atoms with E-state index < -0.39 is 0 Å². The van der Waals surface area contributed by atoms with Gasteiger partial charge in [0.25, 0.3) is 0 Å². The second kappa shape index (κ2) is 6.83. The molecule has 8 nitrogen and oxygen atoms in total. The highest BCUT2D eigenvalue weighted by Gasteiger charge is 2.12. The maximum Gasteiger partial charge on any atom is 0.248 e. The number of pyridine rings is 1. The lowest BCUT2D eigenvalue weighted by Gasteiger charge is -2.09. The van der Waals surface area contributed by atoms with Gasteiger partial charge in [0.2, 0.25) is 11.9 Å². The summed E-state index contributed by atoms with van der Waals surface area (Å²) in [6.45, 7) is 0. The van der Waals surface area contributed by atoms with E-state index in [2.05, 4.69) is 20.4 Å².